The van der Waals surface area contributed by atoms with Crippen molar-refractivity contribution in [1.29, 1.82) is 0 Å². The van der Waals surface area contributed by atoms with Crippen molar-refractivity contribution in [3.8, 4) is 5.75 Å². The highest BCUT2D eigenvalue weighted by Gasteiger charge is 2.07. The first-order chi connectivity index (χ1) is 6.15. The van der Waals surface area contributed by atoms with Crippen LogP contribution in [0.5, 0.6) is 5.75 Å². The van der Waals surface area contributed by atoms with Gasteiger partial charge < -0.3 is 4.74 Å². The summed E-state index contributed by atoms with van der Waals surface area (Å²) in [4.78, 5) is 10.9. The molecule has 1 aromatic carbocycles. The summed E-state index contributed by atoms with van der Waals surface area (Å²) in [5, 5.41) is 0. The monoisotopic (exact) mass is 182 g/mol. The highest BCUT2D eigenvalue weighted by atomic mass is 19.1. The average molecular weight is 182 g/mol. The minimum absolute atomic E-state index is 0.0750. The van der Waals surface area contributed by atoms with Crippen molar-refractivity contribution >= 4 is 5.78 Å². The van der Waals surface area contributed by atoms with Crippen LogP contribution in [0.4, 0.5) is 4.39 Å². The van der Waals surface area contributed by atoms with Crippen molar-refractivity contribution in [3.63, 3.8) is 0 Å². The predicted molar refractivity (Wildman–Crippen MR) is 47.6 cm³/mol. The van der Waals surface area contributed by atoms with Crippen LogP contribution in [0.15, 0.2) is 18.2 Å². The molecule has 1 aromatic rings. The first-order valence-corrected chi connectivity index (χ1v) is 4.08. The van der Waals surface area contributed by atoms with Crippen molar-refractivity contribution in [2.45, 2.75) is 13.8 Å². The number of carbonyl (C=O) groups excluding carboxylic acids is 1. The third kappa shape index (κ3) is 2.28. The number of benzene rings is 1. The Morgan fingerprint density at radius 3 is 2.77 bits per heavy atom. The number of Topliss-reactive ketones (excluding diaryl/α,β-unsaturated/α-hetero) is 1. The summed E-state index contributed by atoms with van der Waals surface area (Å²) in [6.45, 7) is 3.66. The van der Waals surface area contributed by atoms with Gasteiger partial charge in [-0.05, 0) is 32.0 Å². The van der Waals surface area contributed by atoms with E-state index in [9.17, 15) is 9.18 Å². The fourth-order valence-corrected chi connectivity index (χ4v) is 1.03. The first kappa shape index (κ1) is 9.71. The fourth-order valence-electron chi connectivity index (χ4n) is 1.03. The molecular formula is C10H11FO2. The maximum Gasteiger partial charge on any atom is 0.162 e. The fraction of sp³-hybridized carbons (Fsp3) is 0.300. The van der Waals surface area contributed by atoms with Crippen LogP contribution in [0.1, 0.15) is 24.2 Å². The third-order valence-corrected chi connectivity index (χ3v) is 1.63. The molecular weight excluding hydrogens is 171 g/mol. The number of carbonyl (C=O) groups is 1. The van der Waals surface area contributed by atoms with Gasteiger partial charge in [-0.3, -0.25) is 4.79 Å². The van der Waals surface area contributed by atoms with Gasteiger partial charge in [0.15, 0.2) is 5.78 Å². The largest absolute Gasteiger partial charge is 0.494 e. The molecule has 0 radical (unpaired) electrons. The molecule has 0 aliphatic heterocycles. The molecule has 0 amide bonds. The summed E-state index contributed by atoms with van der Waals surface area (Å²) in [7, 11) is 0. The van der Waals surface area contributed by atoms with Crippen LogP contribution in [0.2, 0.25) is 0 Å². The highest BCUT2D eigenvalue weighted by Crippen LogP contribution is 2.17. The van der Waals surface area contributed by atoms with Gasteiger partial charge in [0.05, 0.1) is 12.2 Å². The van der Waals surface area contributed by atoms with Crippen molar-refractivity contribution in [2.75, 3.05) is 6.61 Å². The number of ether oxygens (including phenoxy) is 1. The van der Waals surface area contributed by atoms with Crippen LogP contribution in [0.25, 0.3) is 0 Å². The molecule has 0 fully saturated rings. The van der Waals surface area contributed by atoms with E-state index in [-0.39, 0.29) is 11.3 Å². The topological polar surface area (TPSA) is 26.3 Å². The summed E-state index contributed by atoms with van der Waals surface area (Å²) >= 11 is 0. The third-order valence-electron chi connectivity index (χ3n) is 1.63. The van der Waals surface area contributed by atoms with Crippen LogP contribution in [0, 0.1) is 5.82 Å². The lowest BCUT2D eigenvalue weighted by Gasteiger charge is -2.04. The standard InChI is InChI=1S/C10H11FO2/c1-3-13-8-4-5-10(11)9(6-8)7(2)12/h4-6H,3H2,1-2H3. The number of hydrogen-bond donors (Lipinski definition) is 0. The Bertz CT molecular complexity index is 321. The summed E-state index contributed by atoms with van der Waals surface area (Å²) in [5.41, 5.74) is 0.0750. The van der Waals surface area contributed by atoms with Gasteiger partial charge in [0.1, 0.15) is 11.6 Å². The molecule has 0 spiro atoms. The Kier molecular flexibility index (Phi) is 3.01. The van der Waals surface area contributed by atoms with E-state index in [0.29, 0.717) is 12.4 Å². The molecule has 0 N–H and O–H groups in total. The maximum atomic E-state index is 13.0. The lowest BCUT2D eigenvalue weighted by molar-refractivity contribution is 0.101. The van der Waals surface area contributed by atoms with Crippen LogP contribution in [-0.4, -0.2) is 12.4 Å². The molecule has 70 valence electrons. The Morgan fingerprint density at radius 1 is 1.54 bits per heavy atom. The van der Waals surface area contributed by atoms with E-state index in [4.69, 9.17) is 4.74 Å². The summed E-state index contributed by atoms with van der Waals surface area (Å²) in [6, 6.07) is 4.16. The molecule has 0 heterocycles. The molecule has 0 unspecified atom stereocenters. The molecule has 0 saturated carbocycles. The quantitative estimate of drug-likeness (QED) is 0.671. The maximum absolute atomic E-state index is 13.0. The molecule has 0 bridgehead atoms. The highest BCUT2D eigenvalue weighted by molar-refractivity contribution is 5.94. The number of rotatable bonds is 3. The molecule has 0 atom stereocenters. The van der Waals surface area contributed by atoms with E-state index in [1.54, 1.807) is 0 Å². The molecule has 13 heavy (non-hydrogen) atoms. The Hall–Kier alpha value is -1.38. The van der Waals surface area contributed by atoms with Crippen LogP contribution in [0.3, 0.4) is 0 Å². The van der Waals surface area contributed by atoms with Gasteiger partial charge in [-0.25, -0.2) is 4.39 Å². The second-order valence-corrected chi connectivity index (χ2v) is 2.63. The van der Waals surface area contributed by atoms with Crippen molar-refractivity contribution in [2.24, 2.45) is 0 Å². The summed E-state index contributed by atoms with van der Waals surface area (Å²) < 4.78 is 18.1. The van der Waals surface area contributed by atoms with Gasteiger partial charge in [0.25, 0.3) is 0 Å². The van der Waals surface area contributed by atoms with Gasteiger partial charge in [0, 0.05) is 0 Å². The molecule has 0 saturated heterocycles. The van der Waals surface area contributed by atoms with Gasteiger partial charge in [-0.15, -0.1) is 0 Å². The van der Waals surface area contributed by atoms with Gasteiger partial charge in [0.2, 0.25) is 0 Å². The van der Waals surface area contributed by atoms with E-state index in [1.165, 1.54) is 25.1 Å². The molecule has 0 aliphatic rings. The minimum atomic E-state index is -0.504. The SMILES string of the molecule is CCOc1ccc(F)c(C(C)=O)c1. The number of halogens is 1. The number of hydrogen-bond acceptors (Lipinski definition) is 2. The average Bonchev–Trinajstić information content (AvgIpc) is 2.08. The Balaban J connectivity index is 3.04. The summed E-state index contributed by atoms with van der Waals surface area (Å²) in [6.07, 6.45) is 0. The zero-order valence-electron chi connectivity index (χ0n) is 7.63. The van der Waals surface area contributed by atoms with Gasteiger partial charge in [-0.1, -0.05) is 0 Å². The number of ketones is 1. The second-order valence-electron chi connectivity index (χ2n) is 2.63. The smallest absolute Gasteiger partial charge is 0.162 e. The van der Waals surface area contributed by atoms with E-state index in [0.717, 1.165) is 0 Å². The van der Waals surface area contributed by atoms with E-state index in [2.05, 4.69) is 0 Å². The van der Waals surface area contributed by atoms with E-state index >= 15 is 0 Å². The zero-order valence-corrected chi connectivity index (χ0v) is 7.63. The van der Waals surface area contributed by atoms with Crippen LogP contribution in [-0.2, 0) is 0 Å². The Labute approximate surface area is 76.3 Å². The van der Waals surface area contributed by atoms with E-state index in [1.807, 2.05) is 6.92 Å². The molecule has 0 aromatic heterocycles. The lowest BCUT2D eigenvalue weighted by atomic mass is 10.1. The second kappa shape index (κ2) is 4.03. The molecule has 1 rings (SSSR count). The van der Waals surface area contributed by atoms with Crippen LogP contribution >= 0.6 is 0 Å². The molecule has 3 heteroatoms. The normalized spacial score (nSPS) is 9.77. The molecule has 0 aliphatic carbocycles. The Morgan fingerprint density at radius 2 is 2.23 bits per heavy atom. The van der Waals surface area contributed by atoms with E-state index < -0.39 is 5.82 Å². The van der Waals surface area contributed by atoms with Crippen molar-refractivity contribution in [3.05, 3.63) is 29.6 Å². The zero-order chi connectivity index (χ0) is 9.84. The molecule has 2 nitrogen and oxygen atoms in total. The van der Waals surface area contributed by atoms with Gasteiger partial charge >= 0.3 is 0 Å². The van der Waals surface area contributed by atoms with Crippen LogP contribution < -0.4 is 4.74 Å². The summed E-state index contributed by atoms with van der Waals surface area (Å²) in [5.74, 6) is -0.274. The first-order valence-electron chi connectivity index (χ1n) is 4.08. The minimum Gasteiger partial charge on any atom is -0.494 e. The van der Waals surface area contributed by atoms with Crippen molar-refractivity contribution in [1.82, 2.24) is 0 Å². The van der Waals surface area contributed by atoms with Crippen molar-refractivity contribution < 1.29 is 13.9 Å². The predicted octanol–water partition coefficient (Wildman–Crippen LogP) is 2.43. The lowest BCUT2D eigenvalue weighted by Crippen LogP contribution is -1.99. The van der Waals surface area contributed by atoms with Gasteiger partial charge in [-0.2, -0.15) is 0 Å².